The number of benzene rings is 4. The maximum absolute atomic E-state index is 6.00. The topological polar surface area (TPSA) is 12.9 Å². The molecule has 0 saturated heterocycles. The summed E-state index contributed by atoms with van der Waals surface area (Å²) in [6.07, 6.45) is 0. The quantitative estimate of drug-likeness (QED) is 0.300. The van der Waals surface area contributed by atoms with E-state index in [4.69, 9.17) is 16.6 Å². The first kappa shape index (κ1) is 14.0. The van der Waals surface area contributed by atoms with E-state index in [9.17, 15) is 0 Å². The summed E-state index contributed by atoms with van der Waals surface area (Å²) in [5.41, 5.74) is 2.19. The number of thiazole rings is 1. The van der Waals surface area contributed by atoms with E-state index in [0.29, 0.717) is 0 Å². The largest absolute Gasteiger partial charge is 0.235 e. The molecule has 5 rings (SSSR count). The summed E-state index contributed by atoms with van der Waals surface area (Å²) >= 11 is 7.73. The molecule has 1 aromatic heterocycles. The molecule has 0 N–H and O–H groups in total. The third kappa shape index (κ3) is 2.11. The molecule has 0 amide bonds. The Morgan fingerprint density at radius 3 is 2.38 bits per heavy atom. The van der Waals surface area contributed by atoms with Crippen molar-refractivity contribution in [3.63, 3.8) is 0 Å². The van der Waals surface area contributed by atoms with Gasteiger partial charge in [0.2, 0.25) is 0 Å². The van der Waals surface area contributed by atoms with Crippen LogP contribution in [0.15, 0.2) is 72.8 Å². The second kappa shape index (κ2) is 5.30. The van der Waals surface area contributed by atoms with Crippen molar-refractivity contribution < 1.29 is 0 Å². The van der Waals surface area contributed by atoms with Gasteiger partial charge in [-0.1, -0.05) is 66.2 Å². The first-order valence-electron chi connectivity index (χ1n) is 7.76. The Hall–Kier alpha value is -2.42. The third-order valence-corrected chi connectivity index (χ3v) is 5.68. The van der Waals surface area contributed by atoms with Crippen LogP contribution >= 0.6 is 22.9 Å². The Morgan fingerprint density at radius 2 is 1.50 bits per heavy atom. The molecule has 0 spiro atoms. The summed E-state index contributed by atoms with van der Waals surface area (Å²) < 4.78 is 1.21. The maximum Gasteiger partial charge on any atom is 0.124 e. The highest BCUT2D eigenvalue weighted by atomic mass is 35.5. The van der Waals surface area contributed by atoms with E-state index < -0.39 is 0 Å². The van der Waals surface area contributed by atoms with Gasteiger partial charge in [0.15, 0.2) is 0 Å². The van der Waals surface area contributed by atoms with Crippen molar-refractivity contribution in [2.24, 2.45) is 0 Å². The smallest absolute Gasteiger partial charge is 0.124 e. The van der Waals surface area contributed by atoms with Gasteiger partial charge >= 0.3 is 0 Å². The zero-order valence-corrected chi connectivity index (χ0v) is 14.2. The Labute approximate surface area is 148 Å². The molecule has 24 heavy (non-hydrogen) atoms. The molecule has 0 bridgehead atoms. The zero-order chi connectivity index (χ0) is 16.1. The lowest BCUT2D eigenvalue weighted by molar-refractivity contribution is 1.49. The Balaban J connectivity index is 1.87. The van der Waals surface area contributed by atoms with E-state index in [2.05, 4.69) is 48.5 Å². The van der Waals surface area contributed by atoms with Gasteiger partial charge in [0, 0.05) is 16.0 Å². The molecule has 3 heteroatoms. The lowest BCUT2D eigenvalue weighted by Crippen LogP contribution is -1.80. The van der Waals surface area contributed by atoms with Gasteiger partial charge in [-0.25, -0.2) is 4.98 Å². The summed E-state index contributed by atoms with van der Waals surface area (Å²) in [7, 11) is 0. The molecule has 0 aliphatic heterocycles. The van der Waals surface area contributed by atoms with Crippen LogP contribution in [0, 0.1) is 0 Å². The predicted molar refractivity (Wildman–Crippen MR) is 105 cm³/mol. The van der Waals surface area contributed by atoms with Crippen LogP contribution in [0.2, 0.25) is 5.02 Å². The summed E-state index contributed by atoms with van der Waals surface area (Å²) in [6, 6.07) is 25.1. The molecule has 0 radical (unpaired) electrons. The molecule has 4 aromatic carbocycles. The van der Waals surface area contributed by atoms with Crippen molar-refractivity contribution in [1.29, 1.82) is 0 Å². The van der Waals surface area contributed by atoms with Crippen molar-refractivity contribution in [3.8, 4) is 10.6 Å². The number of aromatic nitrogens is 1. The highest BCUT2D eigenvalue weighted by Crippen LogP contribution is 2.37. The van der Waals surface area contributed by atoms with Crippen molar-refractivity contribution in [3.05, 3.63) is 77.8 Å². The first-order chi connectivity index (χ1) is 11.8. The predicted octanol–water partition coefficient (Wildman–Crippen LogP) is 6.92. The lowest BCUT2D eigenvalue weighted by Gasteiger charge is -2.04. The zero-order valence-electron chi connectivity index (χ0n) is 12.7. The Morgan fingerprint density at radius 1 is 0.750 bits per heavy atom. The molecule has 0 aliphatic rings. The number of nitrogens with zero attached hydrogens (tertiary/aromatic N) is 1. The summed E-state index contributed by atoms with van der Waals surface area (Å²) in [5.74, 6) is 0. The van der Waals surface area contributed by atoms with Crippen molar-refractivity contribution >= 4 is 54.7 Å². The summed E-state index contributed by atoms with van der Waals surface area (Å²) in [5, 5.41) is 6.75. The molecule has 0 atom stereocenters. The number of rotatable bonds is 1. The maximum atomic E-state index is 6.00. The first-order valence-corrected chi connectivity index (χ1v) is 8.96. The fraction of sp³-hybridized carbons (Fsp3) is 0. The van der Waals surface area contributed by atoms with Gasteiger partial charge in [-0.2, -0.15) is 0 Å². The summed E-state index contributed by atoms with van der Waals surface area (Å²) in [4.78, 5) is 4.97. The van der Waals surface area contributed by atoms with E-state index in [0.717, 1.165) is 21.1 Å². The number of fused-ring (bicyclic) bond motifs is 5. The van der Waals surface area contributed by atoms with Crippen LogP contribution in [0.25, 0.3) is 42.3 Å². The van der Waals surface area contributed by atoms with Gasteiger partial charge in [-0.15, -0.1) is 11.3 Å². The van der Waals surface area contributed by atoms with Crippen LogP contribution in [-0.2, 0) is 0 Å². The molecule has 1 nitrogen and oxygen atoms in total. The minimum Gasteiger partial charge on any atom is -0.235 e. The molecule has 1 heterocycles. The average molecular weight is 346 g/mol. The fourth-order valence-electron chi connectivity index (χ4n) is 3.20. The Bertz CT molecular complexity index is 1210. The van der Waals surface area contributed by atoms with Crippen LogP contribution in [0.3, 0.4) is 0 Å². The second-order valence-electron chi connectivity index (χ2n) is 5.82. The third-order valence-electron chi connectivity index (χ3n) is 4.36. The highest BCUT2D eigenvalue weighted by molar-refractivity contribution is 7.21. The van der Waals surface area contributed by atoms with Crippen molar-refractivity contribution in [2.45, 2.75) is 0 Å². The molecule has 0 fully saturated rings. The van der Waals surface area contributed by atoms with Crippen LogP contribution in [0.4, 0.5) is 0 Å². The minimum atomic E-state index is 0.747. The molecule has 114 valence electrons. The number of hydrogen-bond donors (Lipinski definition) is 0. The number of hydrogen-bond acceptors (Lipinski definition) is 2. The molecule has 0 saturated carbocycles. The molecule has 5 aromatic rings. The van der Waals surface area contributed by atoms with Crippen LogP contribution in [0.1, 0.15) is 0 Å². The standard InChI is InChI=1S/C21H12ClNS/c22-16-10-7-15(8-11-16)21-23-20-18(24-21)12-9-14-6-5-13-3-1-2-4-17(13)19(14)20/h1-12H. The van der Waals surface area contributed by atoms with E-state index in [1.165, 1.54) is 26.2 Å². The van der Waals surface area contributed by atoms with E-state index in [1.54, 1.807) is 11.3 Å². The minimum absolute atomic E-state index is 0.747. The SMILES string of the molecule is Clc1ccc(-c2nc3c(ccc4ccc5ccccc5c43)s2)cc1. The molecule has 0 unspecified atom stereocenters. The Kier molecular flexibility index (Phi) is 3.09. The monoisotopic (exact) mass is 345 g/mol. The second-order valence-corrected chi connectivity index (χ2v) is 7.29. The van der Waals surface area contributed by atoms with E-state index in [-0.39, 0.29) is 0 Å². The van der Waals surface area contributed by atoms with Gasteiger partial charge in [0.1, 0.15) is 5.01 Å². The highest BCUT2D eigenvalue weighted by Gasteiger charge is 2.11. The molecule has 0 aliphatic carbocycles. The van der Waals surface area contributed by atoms with E-state index in [1.807, 2.05) is 24.3 Å². The van der Waals surface area contributed by atoms with Gasteiger partial charge in [-0.3, -0.25) is 0 Å². The summed E-state index contributed by atoms with van der Waals surface area (Å²) in [6.45, 7) is 0. The van der Waals surface area contributed by atoms with Gasteiger partial charge in [-0.05, 0) is 34.4 Å². The van der Waals surface area contributed by atoms with Crippen molar-refractivity contribution in [2.75, 3.05) is 0 Å². The van der Waals surface area contributed by atoms with Gasteiger partial charge in [0.05, 0.1) is 10.2 Å². The van der Waals surface area contributed by atoms with Gasteiger partial charge in [0.25, 0.3) is 0 Å². The average Bonchev–Trinajstić information content (AvgIpc) is 3.06. The van der Waals surface area contributed by atoms with Gasteiger partial charge < -0.3 is 0 Å². The van der Waals surface area contributed by atoms with Crippen LogP contribution in [0.5, 0.6) is 0 Å². The normalized spacial score (nSPS) is 11.5. The number of halogens is 1. The lowest BCUT2D eigenvalue weighted by atomic mass is 10.0. The van der Waals surface area contributed by atoms with Crippen LogP contribution < -0.4 is 0 Å². The molecular weight excluding hydrogens is 334 g/mol. The molecular formula is C21H12ClNS. The van der Waals surface area contributed by atoms with Crippen molar-refractivity contribution in [1.82, 2.24) is 4.98 Å². The van der Waals surface area contributed by atoms with E-state index >= 15 is 0 Å². The van der Waals surface area contributed by atoms with Crippen LogP contribution in [-0.4, -0.2) is 4.98 Å². The fourth-order valence-corrected chi connectivity index (χ4v) is 4.30.